The fraction of sp³-hybridized carbons (Fsp3) is 0.548. The Hall–Kier alpha value is -3.10. The second-order valence-corrected chi connectivity index (χ2v) is 11.9. The summed E-state index contributed by atoms with van der Waals surface area (Å²) in [6.45, 7) is 8.62. The average molecular weight is 538 g/mol. The summed E-state index contributed by atoms with van der Waals surface area (Å²) in [5, 5.41) is 0. The van der Waals surface area contributed by atoms with Gasteiger partial charge in [-0.15, -0.1) is 0 Å². The van der Waals surface area contributed by atoms with Gasteiger partial charge in [-0.3, -0.25) is 14.7 Å². The van der Waals surface area contributed by atoms with E-state index in [1.165, 1.54) is 23.1 Å². The highest BCUT2D eigenvalue weighted by Crippen LogP contribution is 2.37. The molecule has 8 nitrogen and oxygen atoms in total. The van der Waals surface area contributed by atoms with Crippen LogP contribution in [0, 0.1) is 0 Å². The van der Waals surface area contributed by atoms with E-state index in [1.54, 1.807) is 20.8 Å². The van der Waals surface area contributed by atoms with Gasteiger partial charge in [-0.25, -0.2) is 9.59 Å². The molecular formula is C31H43N3O5. The van der Waals surface area contributed by atoms with Crippen LogP contribution in [0.1, 0.15) is 51.2 Å². The van der Waals surface area contributed by atoms with Crippen molar-refractivity contribution >= 4 is 12.1 Å². The van der Waals surface area contributed by atoms with Crippen molar-refractivity contribution in [2.75, 3.05) is 40.8 Å². The maximum Gasteiger partial charge on any atom is 0.411 e. The first kappa shape index (κ1) is 28.9. The van der Waals surface area contributed by atoms with Gasteiger partial charge in [0.15, 0.2) is 0 Å². The van der Waals surface area contributed by atoms with Crippen LogP contribution >= 0.6 is 0 Å². The van der Waals surface area contributed by atoms with E-state index in [9.17, 15) is 9.59 Å². The van der Waals surface area contributed by atoms with Gasteiger partial charge in [0.05, 0.1) is 13.7 Å². The lowest BCUT2D eigenvalue weighted by Gasteiger charge is -2.46. The number of benzene rings is 2. The Morgan fingerprint density at radius 2 is 1.64 bits per heavy atom. The molecule has 0 unspecified atom stereocenters. The highest BCUT2D eigenvalue weighted by atomic mass is 16.6. The molecule has 2 aliphatic heterocycles. The molecule has 0 radical (unpaired) electrons. The van der Waals surface area contributed by atoms with Gasteiger partial charge in [-0.05, 0) is 71.0 Å². The molecule has 2 aliphatic rings. The number of hydrogen-bond acceptors (Lipinski definition) is 7. The zero-order chi connectivity index (χ0) is 28.2. The van der Waals surface area contributed by atoms with Crippen molar-refractivity contribution in [3.05, 3.63) is 65.7 Å². The standard InChI is InChI=1S/C31H43N3O5/c1-30(2,3)39-29(36)34-22-26(20-27(34)28(35)37-6)38-25-14-12-23(13-15-25)21-33-18-16-31(17-19-33,32(4)5)24-10-8-7-9-11-24/h7-15,26-27H,16-22H2,1-6H3/t26-,27-/m0/s1. The minimum atomic E-state index is -0.724. The molecule has 2 saturated heterocycles. The maximum atomic E-state index is 12.7. The Kier molecular flexibility index (Phi) is 8.86. The number of hydrogen-bond donors (Lipinski definition) is 0. The Morgan fingerprint density at radius 1 is 1.00 bits per heavy atom. The lowest BCUT2D eigenvalue weighted by molar-refractivity contribution is -0.145. The number of rotatable bonds is 7. The largest absolute Gasteiger partial charge is 0.488 e. The van der Waals surface area contributed by atoms with Crippen LogP contribution < -0.4 is 4.74 Å². The van der Waals surface area contributed by atoms with Crippen LogP contribution in [0.5, 0.6) is 5.75 Å². The van der Waals surface area contributed by atoms with Gasteiger partial charge in [0.25, 0.3) is 0 Å². The molecule has 0 spiro atoms. The van der Waals surface area contributed by atoms with Crippen LogP contribution in [0.25, 0.3) is 0 Å². The van der Waals surface area contributed by atoms with Gasteiger partial charge < -0.3 is 14.2 Å². The normalized spacial score (nSPS) is 21.6. The zero-order valence-electron chi connectivity index (χ0n) is 24.2. The van der Waals surface area contributed by atoms with Crippen molar-refractivity contribution in [3.63, 3.8) is 0 Å². The monoisotopic (exact) mass is 537 g/mol. The smallest absolute Gasteiger partial charge is 0.411 e. The number of ether oxygens (including phenoxy) is 3. The summed E-state index contributed by atoms with van der Waals surface area (Å²) in [4.78, 5) is 31.4. The van der Waals surface area contributed by atoms with Crippen LogP contribution in [0.15, 0.2) is 54.6 Å². The summed E-state index contributed by atoms with van der Waals surface area (Å²) in [6.07, 6.45) is 1.67. The summed E-state index contributed by atoms with van der Waals surface area (Å²) in [5.41, 5.74) is 2.04. The van der Waals surface area contributed by atoms with Crippen LogP contribution in [-0.2, 0) is 26.4 Å². The van der Waals surface area contributed by atoms with Crippen molar-refractivity contribution in [1.29, 1.82) is 0 Å². The average Bonchev–Trinajstić information content (AvgIpc) is 3.33. The van der Waals surface area contributed by atoms with E-state index < -0.39 is 23.7 Å². The molecule has 1 amide bonds. The predicted octanol–water partition coefficient (Wildman–Crippen LogP) is 4.67. The van der Waals surface area contributed by atoms with E-state index in [-0.39, 0.29) is 18.2 Å². The molecule has 2 heterocycles. The number of carbonyl (C=O) groups excluding carboxylic acids is 2. The molecule has 4 rings (SSSR count). The number of nitrogens with zero attached hydrogens (tertiary/aromatic N) is 3. The molecule has 2 aromatic carbocycles. The number of carbonyl (C=O) groups is 2. The molecule has 8 heteroatoms. The number of amides is 1. The third-order valence-electron chi connectivity index (χ3n) is 7.85. The van der Waals surface area contributed by atoms with E-state index in [4.69, 9.17) is 14.2 Å². The van der Waals surface area contributed by atoms with E-state index in [1.807, 2.05) is 12.1 Å². The first-order valence-corrected chi connectivity index (χ1v) is 13.8. The Bertz CT molecular complexity index is 1110. The minimum Gasteiger partial charge on any atom is -0.488 e. The number of piperidine rings is 1. The highest BCUT2D eigenvalue weighted by molar-refractivity contribution is 5.82. The second-order valence-electron chi connectivity index (χ2n) is 11.9. The van der Waals surface area contributed by atoms with Crippen molar-refractivity contribution in [1.82, 2.24) is 14.7 Å². The summed E-state index contributed by atoms with van der Waals surface area (Å²) < 4.78 is 16.6. The molecule has 0 N–H and O–H groups in total. The number of likely N-dealkylation sites (tertiary alicyclic amines) is 2. The van der Waals surface area contributed by atoms with Gasteiger partial charge in [-0.2, -0.15) is 0 Å². The van der Waals surface area contributed by atoms with Gasteiger partial charge in [-0.1, -0.05) is 42.5 Å². The highest BCUT2D eigenvalue weighted by Gasteiger charge is 2.43. The maximum absolute atomic E-state index is 12.7. The molecule has 2 fully saturated rings. The molecule has 0 aromatic heterocycles. The van der Waals surface area contributed by atoms with E-state index in [2.05, 4.69) is 66.4 Å². The summed E-state index contributed by atoms with van der Waals surface area (Å²) in [7, 11) is 5.70. The summed E-state index contributed by atoms with van der Waals surface area (Å²) >= 11 is 0. The van der Waals surface area contributed by atoms with Crippen molar-refractivity contribution in [2.45, 2.75) is 69.9 Å². The summed E-state index contributed by atoms with van der Waals surface area (Å²) in [6, 6.07) is 18.2. The van der Waals surface area contributed by atoms with Crippen molar-refractivity contribution in [2.24, 2.45) is 0 Å². The molecular weight excluding hydrogens is 494 g/mol. The zero-order valence-corrected chi connectivity index (χ0v) is 24.2. The lowest BCUT2D eigenvalue weighted by Crippen LogP contribution is -2.50. The topological polar surface area (TPSA) is 71.6 Å². The summed E-state index contributed by atoms with van der Waals surface area (Å²) in [5.74, 6) is 0.252. The molecule has 2 aromatic rings. The predicted molar refractivity (Wildman–Crippen MR) is 151 cm³/mol. The third-order valence-corrected chi connectivity index (χ3v) is 7.85. The van der Waals surface area contributed by atoms with E-state index in [0.29, 0.717) is 12.2 Å². The Morgan fingerprint density at radius 3 is 2.21 bits per heavy atom. The van der Waals surface area contributed by atoms with Crippen molar-refractivity contribution < 1.29 is 23.8 Å². The first-order chi connectivity index (χ1) is 18.5. The van der Waals surface area contributed by atoms with Crippen LogP contribution in [-0.4, -0.2) is 85.3 Å². The Balaban J connectivity index is 1.33. The SMILES string of the molecule is COC(=O)[C@@H]1C[C@H](Oc2ccc(CN3CCC(c4ccccc4)(N(C)C)CC3)cc2)CN1C(=O)OC(C)(C)C. The number of esters is 1. The second kappa shape index (κ2) is 12.0. The van der Waals surface area contributed by atoms with Crippen LogP contribution in [0.3, 0.4) is 0 Å². The molecule has 212 valence electrons. The fourth-order valence-corrected chi connectivity index (χ4v) is 5.71. The third kappa shape index (κ3) is 6.92. The molecule has 0 aliphatic carbocycles. The quantitative estimate of drug-likeness (QED) is 0.476. The van der Waals surface area contributed by atoms with Gasteiger partial charge in [0.2, 0.25) is 0 Å². The van der Waals surface area contributed by atoms with Crippen LogP contribution in [0.2, 0.25) is 0 Å². The fourth-order valence-electron chi connectivity index (χ4n) is 5.71. The number of methoxy groups -OCH3 is 1. The first-order valence-electron chi connectivity index (χ1n) is 13.8. The van der Waals surface area contributed by atoms with E-state index in [0.717, 1.165) is 32.5 Å². The van der Waals surface area contributed by atoms with Gasteiger partial charge in [0.1, 0.15) is 23.5 Å². The van der Waals surface area contributed by atoms with Gasteiger partial charge in [0, 0.05) is 31.6 Å². The van der Waals surface area contributed by atoms with E-state index >= 15 is 0 Å². The van der Waals surface area contributed by atoms with Crippen molar-refractivity contribution in [3.8, 4) is 5.75 Å². The van der Waals surface area contributed by atoms with Crippen LogP contribution in [0.4, 0.5) is 4.79 Å². The Labute approximate surface area is 232 Å². The molecule has 39 heavy (non-hydrogen) atoms. The minimum absolute atomic E-state index is 0.0754. The lowest BCUT2D eigenvalue weighted by atomic mass is 9.79. The molecule has 0 saturated carbocycles. The molecule has 0 bridgehead atoms. The van der Waals surface area contributed by atoms with Gasteiger partial charge >= 0.3 is 12.1 Å². The molecule has 2 atom stereocenters.